The van der Waals surface area contributed by atoms with Crippen molar-refractivity contribution in [3.8, 4) is 0 Å². The third-order valence-corrected chi connectivity index (χ3v) is 2.99. The Bertz CT molecular complexity index is 538. The van der Waals surface area contributed by atoms with Crippen LogP contribution < -0.4 is 5.73 Å². The second-order valence-electron chi connectivity index (χ2n) is 4.58. The van der Waals surface area contributed by atoms with E-state index in [2.05, 4.69) is 12.1 Å². The van der Waals surface area contributed by atoms with Crippen LogP contribution in [0.4, 0.5) is 5.69 Å². The zero-order valence-corrected chi connectivity index (χ0v) is 10.5. The van der Waals surface area contributed by atoms with Crippen LogP contribution in [0.25, 0.3) is 0 Å². The van der Waals surface area contributed by atoms with Gasteiger partial charge in [-0.05, 0) is 24.0 Å². The number of hydrogen-bond donors (Lipinski definition) is 1. The van der Waals surface area contributed by atoms with E-state index < -0.39 is 4.92 Å². The van der Waals surface area contributed by atoms with Gasteiger partial charge in [0.25, 0.3) is 5.69 Å². The van der Waals surface area contributed by atoms with E-state index >= 15 is 0 Å². The summed E-state index contributed by atoms with van der Waals surface area (Å²) in [4.78, 5) is 10.2. The van der Waals surface area contributed by atoms with Crippen LogP contribution >= 0.6 is 0 Å². The van der Waals surface area contributed by atoms with E-state index in [0.717, 1.165) is 12.0 Å². The standard InChI is InChI=1S/C15H16N2O2/c16-14(10-12-4-2-1-3-5-12)11-13-6-8-15(9-7-13)17(18)19/h1-9,14H,10-11,16H2. The predicted molar refractivity (Wildman–Crippen MR) is 74.9 cm³/mol. The van der Waals surface area contributed by atoms with E-state index in [1.54, 1.807) is 12.1 Å². The molecule has 4 nitrogen and oxygen atoms in total. The highest BCUT2D eigenvalue weighted by atomic mass is 16.6. The molecular weight excluding hydrogens is 240 g/mol. The SMILES string of the molecule is NC(Cc1ccccc1)Cc1ccc([N+](=O)[O-])cc1. The molecule has 0 fully saturated rings. The summed E-state index contributed by atoms with van der Waals surface area (Å²) in [5, 5.41) is 10.6. The van der Waals surface area contributed by atoms with Crippen molar-refractivity contribution in [1.82, 2.24) is 0 Å². The summed E-state index contributed by atoms with van der Waals surface area (Å²) in [5.41, 5.74) is 8.44. The second-order valence-corrected chi connectivity index (χ2v) is 4.58. The van der Waals surface area contributed by atoms with Gasteiger partial charge in [-0.2, -0.15) is 0 Å². The maximum absolute atomic E-state index is 10.6. The van der Waals surface area contributed by atoms with Gasteiger partial charge >= 0.3 is 0 Å². The lowest BCUT2D eigenvalue weighted by Gasteiger charge is -2.11. The van der Waals surface area contributed by atoms with Crippen molar-refractivity contribution in [2.24, 2.45) is 5.73 Å². The Hall–Kier alpha value is -2.20. The van der Waals surface area contributed by atoms with Crippen LogP contribution in [0.15, 0.2) is 54.6 Å². The fourth-order valence-corrected chi connectivity index (χ4v) is 2.05. The minimum absolute atomic E-state index is 0.0175. The lowest BCUT2D eigenvalue weighted by atomic mass is 10.00. The number of non-ortho nitro benzene ring substituents is 1. The molecular formula is C15H16N2O2. The summed E-state index contributed by atoms with van der Waals surface area (Å²) >= 11 is 0. The molecule has 2 rings (SSSR count). The molecule has 0 saturated heterocycles. The Labute approximate surface area is 112 Å². The van der Waals surface area contributed by atoms with Crippen molar-refractivity contribution in [2.75, 3.05) is 0 Å². The maximum Gasteiger partial charge on any atom is 0.269 e. The first kappa shape index (κ1) is 13.2. The highest BCUT2D eigenvalue weighted by Gasteiger charge is 2.08. The summed E-state index contributed by atoms with van der Waals surface area (Å²) < 4.78 is 0. The van der Waals surface area contributed by atoms with Crippen molar-refractivity contribution in [3.05, 3.63) is 75.8 Å². The van der Waals surface area contributed by atoms with Crippen molar-refractivity contribution in [2.45, 2.75) is 18.9 Å². The average Bonchev–Trinajstić information content (AvgIpc) is 2.40. The zero-order chi connectivity index (χ0) is 13.7. The number of nitro groups is 1. The first-order valence-electron chi connectivity index (χ1n) is 6.18. The quantitative estimate of drug-likeness (QED) is 0.660. The van der Waals surface area contributed by atoms with Crippen LogP contribution in [0, 0.1) is 10.1 Å². The van der Waals surface area contributed by atoms with Gasteiger partial charge in [0.2, 0.25) is 0 Å². The molecule has 0 saturated carbocycles. The average molecular weight is 256 g/mol. The largest absolute Gasteiger partial charge is 0.327 e. The summed E-state index contributed by atoms with van der Waals surface area (Å²) in [7, 11) is 0. The molecule has 0 amide bonds. The van der Waals surface area contributed by atoms with Gasteiger partial charge in [0.1, 0.15) is 0 Å². The fraction of sp³-hybridized carbons (Fsp3) is 0.200. The number of nitrogens with two attached hydrogens (primary N) is 1. The van der Waals surface area contributed by atoms with Gasteiger partial charge in [-0.25, -0.2) is 0 Å². The molecule has 2 aromatic rings. The minimum Gasteiger partial charge on any atom is -0.327 e. The Balaban J connectivity index is 1.95. The molecule has 1 unspecified atom stereocenters. The molecule has 2 N–H and O–H groups in total. The number of benzene rings is 2. The third-order valence-electron chi connectivity index (χ3n) is 2.99. The summed E-state index contributed by atoms with van der Waals surface area (Å²) in [6.07, 6.45) is 1.52. The maximum atomic E-state index is 10.6. The molecule has 0 aromatic heterocycles. The molecule has 0 bridgehead atoms. The number of rotatable bonds is 5. The predicted octanol–water partition coefficient (Wildman–Crippen LogP) is 2.71. The number of nitro benzene ring substituents is 1. The van der Waals surface area contributed by atoms with Gasteiger partial charge in [0, 0.05) is 18.2 Å². The van der Waals surface area contributed by atoms with Crippen LogP contribution in [0.5, 0.6) is 0 Å². The van der Waals surface area contributed by atoms with Crippen molar-refractivity contribution < 1.29 is 4.92 Å². The molecule has 19 heavy (non-hydrogen) atoms. The van der Waals surface area contributed by atoms with Gasteiger partial charge in [-0.3, -0.25) is 10.1 Å². The number of hydrogen-bond acceptors (Lipinski definition) is 3. The Morgan fingerprint density at radius 3 is 2.00 bits per heavy atom. The lowest BCUT2D eigenvalue weighted by molar-refractivity contribution is -0.384. The van der Waals surface area contributed by atoms with Crippen molar-refractivity contribution >= 4 is 5.69 Å². The first-order valence-corrected chi connectivity index (χ1v) is 6.18. The van der Waals surface area contributed by atoms with E-state index in [9.17, 15) is 10.1 Å². The Morgan fingerprint density at radius 1 is 0.947 bits per heavy atom. The topological polar surface area (TPSA) is 69.2 Å². The molecule has 1 atom stereocenters. The summed E-state index contributed by atoms with van der Waals surface area (Å²) in [6.45, 7) is 0. The smallest absolute Gasteiger partial charge is 0.269 e. The van der Waals surface area contributed by atoms with Crippen molar-refractivity contribution in [3.63, 3.8) is 0 Å². The zero-order valence-electron chi connectivity index (χ0n) is 10.5. The highest BCUT2D eigenvalue weighted by Crippen LogP contribution is 2.14. The molecule has 0 radical (unpaired) electrons. The minimum atomic E-state index is -0.395. The molecule has 0 heterocycles. The van der Waals surface area contributed by atoms with Gasteiger partial charge in [0.05, 0.1) is 4.92 Å². The Kier molecular flexibility index (Phi) is 4.26. The van der Waals surface area contributed by atoms with Crippen LogP contribution in [-0.2, 0) is 12.8 Å². The molecule has 0 aliphatic heterocycles. The monoisotopic (exact) mass is 256 g/mol. The van der Waals surface area contributed by atoms with E-state index in [1.165, 1.54) is 17.7 Å². The van der Waals surface area contributed by atoms with Gasteiger partial charge in [-0.1, -0.05) is 42.5 Å². The molecule has 0 aliphatic rings. The second kappa shape index (κ2) is 6.11. The summed E-state index contributed by atoms with van der Waals surface area (Å²) in [6, 6.07) is 16.7. The van der Waals surface area contributed by atoms with Gasteiger partial charge < -0.3 is 5.73 Å². The van der Waals surface area contributed by atoms with Crippen LogP contribution in [0.1, 0.15) is 11.1 Å². The lowest BCUT2D eigenvalue weighted by Crippen LogP contribution is -2.25. The summed E-state index contributed by atoms with van der Waals surface area (Å²) in [5.74, 6) is 0. The van der Waals surface area contributed by atoms with Crippen LogP contribution in [0.2, 0.25) is 0 Å². The van der Waals surface area contributed by atoms with Gasteiger partial charge in [-0.15, -0.1) is 0 Å². The normalized spacial score (nSPS) is 12.1. The van der Waals surface area contributed by atoms with E-state index in [-0.39, 0.29) is 11.7 Å². The fourth-order valence-electron chi connectivity index (χ4n) is 2.05. The number of nitrogens with zero attached hydrogens (tertiary/aromatic N) is 1. The molecule has 4 heteroatoms. The van der Waals surface area contributed by atoms with E-state index in [0.29, 0.717) is 6.42 Å². The van der Waals surface area contributed by atoms with Crippen LogP contribution in [-0.4, -0.2) is 11.0 Å². The van der Waals surface area contributed by atoms with E-state index in [1.807, 2.05) is 18.2 Å². The molecule has 0 aliphatic carbocycles. The third kappa shape index (κ3) is 3.89. The van der Waals surface area contributed by atoms with Gasteiger partial charge in [0.15, 0.2) is 0 Å². The first-order chi connectivity index (χ1) is 9.15. The molecule has 0 spiro atoms. The van der Waals surface area contributed by atoms with Crippen LogP contribution in [0.3, 0.4) is 0 Å². The van der Waals surface area contributed by atoms with Crippen molar-refractivity contribution in [1.29, 1.82) is 0 Å². The molecule has 98 valence electrons. The van der Waals surface area contributed by atoms with E-state index in [4.69, 9.17) is 5.73 Å². The highest BCUT2D eigenvalue weighted by molar-refractivity contribution is 5.33. The Morgan fingerprint density at radius 2 is 1.47 bits per heavy atom. The molecule has 2 aromatic carbocycles.